The minimum absolute atomic E-state index is 0.0233. The van der Waals surface area contributed by atoms with E-state index in [0.29, 0.717) is 5.56 Å². The van der Waals surface area contributed by atoms with E-state index < -0.39 is 34.5 Å². The maximum absolute atomic E-state index is 14.3. The van der Waals surface area contributed by atoms with Gasteiger partial charge in [-0.1, -0.05) is 84.9 Å². The van der Waals surface area contributed by atoms with Gasteiger partial charge in [0.15, 0.2) is 0 Å². The van der Waals surface area contributed by atoms with Crippen molar-refractivity contribution < 1.29 is 19.3 Å². The van der Waals surface area contributed by atoms with Gasteiger partial charge in [0, 0.05) is 29.5 Å². The lowest BCUT2D eigenvalue weighted by Gasteiger charge is -2.45. The van der Waals surface area contributed by atoms with Gasteiger partial charge in [-0.05, 0) is 33.9 Å². The Kier molecular flexibility index (Phi) is 5.38. The predicted octanol–water partition coefficient (Wildman–Crippen LogP) is 5.04. The molecule has 2 bridgehead atoms. The fraction of sp³-hybridized carbons (Fsp3) is 0.156. The predicted molar refractivity (Wildman–Crippen MR) is 145 cm³/mol. The maximum Gasteiger partial charge on any atom is 0.273 e. The summed E-state index contributed by atoms with van der Waals surface area (Å²) in [5.41, 5.74) is 4.64. The first kappa shape index (κ1) is 24.0. The molecule has 2 atom stereocenters. The molecule has 3 amide bonds. The molecule has 196 valence electrons. The number of nitrogens with zero attached hydrogens (tertiary/aromatic N) is 3. The molecule has 0 N–H and O–H groups in total. The lowest BCUT2D eigenvalue weighted by atomic mass is 9.55. The number of nitro groups is 1. The van der Waals surface area contributed by atoms with Crippen LogP contribution in [-0.4, -0.2) is 32.7 Å². The third-order valence-electron chi connectivity index (χ3n) is 8.38. The van der Waals surface area contributed by atoms with Crippen LogP contribution in [0.25, 0.3) is 0 Å². The van der Waals surface area contributed by atoms with Gasteiger partial charge in [0.05, 0.1) is 23.3 Å². The molecule has 40 heavy (non-hydrogen) atoms. The number of benzene rings is 4. The summed E-state index contributed by atoms with van der Waals surface area (Å²) >= 11 is 0. The summed E-state index contributed by atoms with van der Waals surface area (Å²) in [6.45, 7) is -0.0471. The zero-order valence-electron chi connectivity index (χ0n) is 21.2. The first-order valence-corrected chi connectivity index (χ1v) is 13.1. The first-order chi connectivity index (χ1) is 19.5. The van der Waals surface area contributed by atoms with Crippen molar-refractivity contribution in [2.24, 2.45) is 11.8 Å². The fourth-order valence-corrected chi connectivity index (χ4v) is 6.79. The van der Waals surface area contributed by atoms with Gasteiger partial charge in [0.2, 0.25) is 0 Å². The van der Waals surface area contributed by atoms with E-state index in [-0.39, 0.29) is 29.6 Å². The summed E-state index contributed by atoms with van der Waals surface area (Å²) < 4.78 is 0. The highest BCUT2D eigenvalue weighted by Crippen LogP contribution is 2.61. The molecule has 4 aromatic carbocycles. The molecule has 1 saturated heterocycles. The summed E-state index contributed by atoms with van der Waals surface area (Å²) in [5.74, 6) is -3.44. The average Bonchev–Trinajstić information content (AvgIpc) is 3.26. The van der Waals surface area contributed by atoms with E-state index in [1.807, 2.05) is 66.7 Å². The highest BCUT2D eigenvalue weighted by molar-refractivity contribution is 6.09. The number of rotatable bonds is 5. The van der Waals surface area contributed by atoms with E-state index in [0.717, 1.165) is 32.3 Å². The van der Waals surface area contributed by atoms with Crippen LogP contribution in [0, 0.1) is 22.0 Å². The van der Waals surface area contributed by atoms with Crippen molar-refractivity contribution in [1.82, 2.24) is 10.0 Å². The molecule has 8 nitrogen and oxygen atoms in total. The quantitative estimate of drug-likeness (QED) is 0.205. The SMILES string of the molecule is O=C(c1cccc([N+](=O)[O-])c1)N(Cc1ccccc1)N1C(=O)[C@@H]2C3c4ccccc4C(c4ccccc43)[C@H]2C1=O. The smallest absolute Gasteiger partial charge is 0.272 e. The molecule has 4 aliphatic rings. The Morgan fingerprint density at radius 1 is 0.725 bits per heavy atom. The Morgan fingerprint density at radius 2 is 1.23 bits per heavy atom. The number of imide groups is 1. The highest BCUT2D eigenvalue weighted by atomic mass is 16.6. The topological polar surface area (TPSA) is 101 Å². The van der Waals surface area contributed by atoms with E-state index >= 15 is 0 Å². The Bertz CT molecular complexity index is 1600. The molecular weight excluding hydrogens is 506 g/mol. The minimum atomic E-state index is -0.657. The van der Waals surface area contributed by atoms with Crippen LogP contribution in [-0.2, 0) is 16.1 Å². The van der Waals surface area contributed by atoms with Crippen LogP contribution < -0.4 is 0 Å². The van der Waals surface area contributed by atoms with Gasteiger partial charge in [-0.3, -0.25) is 24.5 Å². The van der Waals surface area contributed by atoms with Gasteiger partial charge in [0.25, 0.3) is 23.4 Å². The third kappa shape index (κ3) is 3.42. The maximum atomic E-state index is 14.3. The second kappa shape index (κ2) is 8.98. The Labute approximate surface area is 229 Å². The van der Waals surface area contributed by atoms with Crippen molar-refractivity contribution in [3.8, 4) is 0 Å². The van der Waals surface area contributed by atoms with Gasteiger partial charge in [-0.15, -0.1) is 0 Å². The number of non-ortho nitro benzene ring substituents is 1. The van der Waals surface area contributed by atoms with Gasteiger partial charge < -0.3 is 0 Å². The van der Waals surface area contributed by atoms with E-state index in [9.17, 15) is 24.5 Å². The number of nitro benzene ring substituents is 1. The van der Waals surface area contributed by atoms with Gasteiger partial charge in [0.1, 0.15) is 0 Å². The van der Waals surface area contributed by atoms with Gasteiger partial charge >= 0.3 is 0 Å². The normalized spacial score (nSPS) is 21.9. The Hall–Kier alpha value is -5.11. The van der Waals surface area contributed by atoms with Crippen molar-refractivity contribution >= 4 is 23.4 Å². The average molecular weight is 530 g/mol. The molecule has 0 saturated carbocycles. The van der Waals surface area contributed by atoms with Crippen molar-refractivity contribution in [2.75, 3.05) is 0 Å². The summed E-state index contributed by atoms with van der Waals surface area (Å²) in [7, 11) is 0. The summed E-state index contributed by atoms with van der Waals surface area (Å²) in [6, 6.07) is 30.3. The number of amides is 3. The van der Waals surface area contributed by atoms with Crippen molar-refractivity contribution in [1.29, 1.82) is 0 Å². The second-order valence-electron chi connectivity index (χ2n) is 10.4. The first-order valence-electron chi connectivity index (χ1n) is 13.1. The summed E-state index contributed by atoms with van der Waals surface area (Å²) in [5, 5.41) is 13.6. The molecule has 0 spiro atoms. The van der Waals surface area contributed by atoms with E-state index in [1.54, 1.807) is 12.1 Å². The summed E-state index contributed by atoms with van der Waals surface area (Å²) in [4.78, 5) is 53.4. The number of carbonyl (C=O) groups is 3. The molecule has 3 aliphatic carbocycles. The number of carbonyl (C=O) groups excluding carboxylic acids is 3. The molecule has 0 aromatic heterocycles. The number of hydrogen-bond acceptors (Lipinski definition) is 5. The van der Waals surface area contributed by atoms with Crippen molar-refractivity contribution in [3.05, 3.63) is 147 Å². The van der Waals surface area contributed by atoms with Crippen LogP contribution in [0.2, 0.25) is 0 Å². The third-order valence-corrected chi connectivity index (χ3v) is 8.38. The molecule has 0 radical (unpaired) electrons. The van der Waals surface area contributed by atoms with Crippen LogP contribution >= 0.6 is 0 Å². The summed E-state index contributed by atoms with van der Waals surface area (Å²) in [6.07, 6.45) is 0. The Balaban J connectivity index is 1.35. The molecule has 4 aromatic rings. The lowest BCUT2D eigenvalue weighted by Crippen LogP contribution is -2.50. The molecule has 8 heteroatoms. The number of hydrazine groups is 1. The van der Waals surface area contributed by atoms with Crippen molar-refractivity contribution in [3.63, 3.8) is 0 Å². The van der Waals surface area contributed by atoms with E-state index in [2.05, 4.69) is 0 Å². The molecular formula is C32H23N3O5. The van der Waals surface area contributed by atoms with E-state index in [4.69, 9.17) is 0 Å². The highest BCUT2D eigenvalue weighted by Gasteiger charge is 2.63. The largest absolute Gasteiger partial charge is 0.273 e. The monoisotopic (exact) mass is 529 g/mol. The molecule has 0 unspecified atom stereocenters. The van der Waals surface area contributed by atoms with Crippen LogP contribution in [0.15, 0.2) is 103 Å². The second-order valence-corrected chi connectivity index (χ2v) is 10.4. The zero-order chi connectivity index (χ0) is 27.5. The molecule has 1 fully saturated rings. The van der Waals surface area contributed by atoms with Crippen molar-refractivity contribution in [2.45, 2.75) is 18.4 Å². The zero-order valence-corrected chi connectivity index (χ0v) is 21.2. The Morgan fingerprint density at radius 3 is 1.73 bits per heavy atom. The van der Waals surface area contributed by atoms with Crippen LogP contribution in [0.1, 0.15) is 50.0 Å². The van der Waals surface area contributed by atoms with E-state index in [1.165, 1.54) is 24.3 Å². The lowest BCUT2D eigenvalue weighted by molar-refractivity contribution is -0.384. The minimum Gasteiger partial charge on any atom is -0.272 e. The van der Waals surface area contributed by atoms with Gasteiger partial charge in [-0.25, -0.2) is 5.01 Å². The molecule has 1 aliphatic heterocycles. The van der Waals surface area contributed by atoms with Crippen LogP contribution in [0.3, 0.4) is 0 Å². The standard InChI is InChI=1S/C32H23N3O5/c36-30(20-11-8-12-21(17-20)35(39)40)33(18-19-9-2-1-3-10-19)34-31(37)28-26-22-13-4-5-14-23(22)27(29(28)32(34)38)25-16-7-6-15-24(25)26/h1-17,26-29H,18H2/t26?,27?,28-,29-/m1/s1. The van der Waals surface area contributed by atoms with Crippen LogP contribution in [0.5, 0.6) is 0 Å². The molecule has 1 heterocycles. The molecule has 8 rings (SSSR count). The fourth-order valence-electron chi connectivity index (χ4n) is 6.79. The van der Waals surface area contributed by atoms with Crippen LogP contribution in [0.4, 0.5) is 5.69 Å². The number of hydrogen-bond donors (Lipinski definition) is 0. The van der Waals surface area contributed by atoms with Gasteiger partial charge in [-0.2, -0.15) is 5.01 Å².